The number of phenols is 1. The maximum atomic E-state index is 13.6. The molecule has 0 saturated carbocycles. The Morgan fingerprint density at radius 3 is 2.44 bits per heavy atom. The number of methoxy groups -OCH3 is 1. The van der Waals surface area contributed by atoms with E-state index in [0.717, 1.165) is 27.1 Å². The summed E-state index contributed by atoms with van der Waals surface area (Å²) in [6.45, 7) is 4.49. The molecule has 2 aromatic carbocycles. The van der Waals surface area contributed by atoms with Gasteiger partial charge in [0.25, 0.3) is 5.56 Å². The fraction of sp³-hybridized carbons (Fsp3) is 0.308. The molecule has 1 N–H and O–H groups in total. The summed E-state index contributed by atoms with van der Waals surface area (Å²) in [5, 5.41) is 10.6. The Hall–Kier alpha value is -3.78. The van der Waals surface area contributed by atoms with Gasteiger partial charge < -0.3 is 19.1 Å². The third kappa shape index (κ3) is 3.02. The second-order valence-corrected chi connectivity index (χ2v) is 9.30. The van der Waals surface area contributed by atoms with Crippen LogP contribution in [0.3, 0.4) is 0 Å². The number of hydrogen-bond acceptors (Lipinski definition) is 5. The molecule has 8 nitrogen and oxygen atoms in total. The van der Waals surface area contributed by atoms with E-state index in [1.54, 1.807) is 25.2 Å². The number of aromatic hydroxyl groups is 1. The summed E-state index contributed by atoms with van der Waals surface area (Å²) in [6.07, 6.45) is -0.583. The summed E-state index contributed by atoms with van der Waals surface area (Å²) in [7, 11) is 4.66. The Morgan fingerprint density at radius 2 is 1.76 bits per heavy atom. The average molecular weight is 462 g/mol. The number of hydrogen-bond donors (Lipinski definition) is 1. The first kappa shape index (κ1) is 22.0. The van der Waals surface area contributed by atoms with E-state index in [0.29, 0.717) is 23.3 Å². The van der Waals surface area contributed by atoms with Gasteiger partial charge in [0.2, 0.25) is 0 Å². The van der Waals surface area contributed by atoms with Crippen LogP contribution in [-0.2, 0) is 24.4 Å². The molecule has 176 valence electrons. The van der Waals surface area contributed by atoms with Crippen LogP contribution in [0.4, 0.5) is 0 Å². The third-order valence-corrected chi connectivity index (χ3v) is 6.62. The lowest BCUT2D eigenvalue weighted by atomic mass is 9.97. The zero-order chi connectivity index (χ0) is 24.4. The quantitative estimate of drug-likeness (QED) is 0.506. The van der Waals surface area contributed by atoms with Crippen LogP contribution < -0.4 is 16.0 Å². The van der Waals surface area contributed by atoms with Crippen LogP contribution in [0.1, 0.15) is 31.2 Å². The van der Waals surface area contributed by atoms with Gasteiger partial charge in [-0.2, -0.15) is 0 Å². The second-order valence-electron chi connectivity index (χ2n) is 9.30. The first-order chi connectivity index (χ1) is 16.2. The van der Waals surface area contributed by atoms with E-state index in [9.17, 15) is 14.7 Å². The van der Waals surface area contributed by atoms with Crippen molar-refractivity contribution in [1.29, 1.82) is 0 Å². The van der Waals surface area contributed by atoms with Crippen molar-refractivity contribution in [2.24, 2.45) is 14.1 Å². The van der Waals surface area contributed by atoms with Crippen molar-refractivity contribution in [1.82, 2.24) is 13.7 Å². The zero-order valence-electron chi connectivity index (χ0n) is 19.8. The van der Waals surface area contributed by atoms with E-state index in [-0.39, 0.29) is 11.3 Å². The first-order valence-electron chi connectivity index (χ1n) is 11.1. The van der Waals surface area contributed by atoms with Crippen LogP contribution in [-0.4, -0.2) is 32.5 Å². The van der Waals surface area contributed by atoms with E-state index in [2.05, 4.69) is 18.4 Å². The Labute approximate surface area is 196 Å². The van der Waals surface area contributed by atoms with Crippen LogP contribution in [0.5, 0.6) is 11.5 Å². The van der Waals surface area contributed by atoms with Crippen LogP contribution >= 0.6 is 0 Å². The summed E-state index contributed by atoms with van der Waals surface area (Å²) < 4.78 is 16.5. The van der Waals surface area contributed by atoms with Gasteiger partial charge in [0.15, 0.2) is 11.5 Å². The van der Waals surface area contributed by atoms with Crippen LogP contribution in [0.15, 0.2) is 58.1 Å². The molecule has 0 fully saturated rings. The number of aromatic nitrogens is 3. The van der Waals surface area contributed by atoms with E-state index in [1.807, 2.05) is 30.3 Å². The molecule has 0 aliphatic carbocycles. The van der Waals surface area contributed by atoms with Gasteiger partial charge in [0.1, 0.15) is 6.10 Å². The molecule has 0 amide bonds. The number of fused-ring (bicyclic) bond motifs is 3. The normalized spacial score (nSPS) is 17.0. The summed E-state index contributed by atoms with van der Waals surface area (Å²) in [6, 6.07) is 14.8. The minimum atomic E-state index is -0.583. The summed E-state index contributed by atoms with van der Waals surface area (Å²) in [5.74, 6) is 0.343. The largest absolute Gasteiger partial charge is 0.504 e. The minimum absolute atomic E-state index is 0.0221. The number of phenolic OH excluding ortho intramolecular Hbond substituents is 1. The van der Waals surface area contributed by atoms with E-state index < -0.39 is 17.3 Å². The highest BCUT2D eigenvalue weighted by molar-refractivity contribution is 5.96. The monoisotopic (exact) mass is 461 g/mol. The first-order valence-corrected chi connectivity index (χ1v) is 11.1. The lowest BCUT2D eigenvalue weighted by Gasteiger charge is -2.39. The van der Waals surface area contributed by atoms with E-state index in [4.69, 9.17) is 9.47 Å². The van der Waals surface area contributed by atoms with Gasteiger partial charge in [0.05, 0.1) is 41.5 Å². The van der Waals surface area contributed by atoms with Gasteiger partial charge in [-0.3, -0.25) is 13.9 Å². The molecule has 8 heteroatoms. The zero-order valence-corrected chi connectivity index (χ0v) is 19.8. The molecule has 0 bridgehead atoms. The summed E-state index contributed by atoms with van der Waals surface area (Å²) in [4.78, 5) is 26.6. The predicted octanol–water partition coefficient (Wildman–Crippen LogP) is 3.27. The van der Waals surface area contributed by atoms with Gasteiger partial charge in [-0.05, 0) is 37.1 Å². The fourth-order valence-electron chi connectivity index (χ4n) is 4.98. The number of benzene rings is 2. The standard InChI is InChI=1S/C26H27N3O5/c1-26(2)14-34-23(16-11-12-17(30)18(13-16)33-5)22-21-19(24(31)28(4)25(32)27(21)3)20(29(22)26)15-9-7-6-8-10-15/h6-13,23,30H,14H2,1-5H3/t23-/m0/s1. The molecular weight excluding hydrogens is 434 g/mol. The van der Waals surface area contributed by atoms with Gasteiger partial charge in [-0.1, -0.05) is 36.4 Å². The molecule has 1 aliphatic heterocycles. The van der Waals surface area contributed by atoms with Gasteiger partial charge in [-0.15, -0.1) is 0 Å². The average Bonchev–Trinajstić information content (AvgIpc) is 3.20. The predicted molar refractivity (Wildman–Crippen MR) is 130 cm³/mol. The number of ether oxygens (including phenoxy) is 2. The van der Waals surface area contributed by atoms with Gasteiger partial charge in [-0.25, -0.2) is 4.79 Å². The highest BCUT2D eigenvalue weighted by Crippen LogP contribution is 2.46. The highest BCUT2D eigenvalue weighted by atomic mass is 16.5. The number of aryl methyl sites for hydroxylation is 1. The van der Waals surface area contributed by atoms with Gasteiger partial charge >= 0.3 is 5.69 Å². The van der Waals surface area contributed by atoms with Crippen LogP contribution in [0.2, 0.25) is 0 Å². The molecular formula is C26H27N3O5. The maximum absolute atomic E-state index is 13.6. The topological polar surface area (TPSA) is 87.6 Å². The molecule has 4 aromatic rings. The van der Waals surface area contributed by atoms with E-state index in [1.165, 1.54) is 18.7 Å². The molecule has 1 atom stereocenters. The molecule has 5 rings (SSSR count). The smallest absolute Gasteiger partial charge is 0.331 e. The Morgan fingerprint density at radius 1 is 1.06 bits per heavy atom. The Bertz CT molecular complexity index is 1540. The molecule has 2 aromatic heterocycles. The van der Waals surface area contributed by atoms with Crippen LogP contribution in [0, 0.1) is 0 Å². The summed E-state index contributed by atoms with van der Waals surface area (Å²) in [5.41, 5.74) is 2.38. The maximum Gasteiger partial charge on any atom is 0.331 e. The number of nitrogens with zero attached hydrogens (tertiary/aromatic N) is 3. The second kappa shape index (κ2) is 7.63. The number of rotatable bonds is 3. The van der Waals surface area contributed by atoms with Gasteiger partial charge in [0, 0.05) is 14.1 Å². The van der Waals surface area contributed by atoms with Crippen molar-refractivity contribution in [2.45, 2.75) is 25.5 Å². The van der Waals surface area contributed by atoms with E-state index >= 15 is 0 Å². The molecule has 0 unspecified atom stereocenters. The van der Waals surface area contributed by atoms with Crippen molar-refractivity contribution in [3.63, 3.8) is 0 Å². The van der Waals surface area contributed by atoms with Crippen molar-refractivity contribution < 1.29 is 14.6 Å². The lowest BCUT2D eigenvalue weighted by molar-refractivity contribution is -0.00716. The molecule has 1 aliphatic rings. The van der Waals surface area contributed by atoms with Crippen molar-refractivity contribution >= 4 is 10.9 Å². The molecule has 0 saturated heterocycles. The highest BCUT2D eigenvalue weighted by Gasteiger charge is 2.40. The molecule has 0 radical (unpaired) electrons. The van der Waals surface area contributed by atoms with Crippen LogP contribution in [0.25, 0.3) is 22.2 Å². The Kier molecular flexibility index (Phi) is 4.95. The molecule has 34 heavy (non-hydrogen) atoms. The molecule has 3 heterocycles. The molecule has 0 spiro atoms. The SMILES string of the molecule is COc1cc([C@@H]2OCC(C)(C)n3c(-c4ccccc4)c4c(=O)n(C)c(=O)n(C)c4c32)ccc1O. The fourth-order valence-corrected chi connectivity index (χ4v) is 4.98. The lowest BCUT2D eigenvalue weighted by Crippen LogP contribution is -2.40. The Balaban J connectivity index is 1.98. The minimum Gasteiger partial charge on any atom is -0.504 e. The van der Waals surface area contributed by atoms with Crippen molar-refractivity contribution in [3.8, 4) is 22.8 Å². The van der Waals surface area contributed by atoms with Crippen molar-refractivity contribution in [3.05, 3.63) is 80.6 Å². The van der Waals surface area contributed by atoms with Crippen molar-refractivity contribution in [2.75, 3.05) is 13.7 Å². The summed E-state index contributed by atoms with van der Waals surface area (Å²) >= 11 is 0. The third-order valence-electron chi connectivity index (χ3n) is 6.62.